The normalized spacial score (nSPS) is 10.8. The van der Waals surface area contributed by atoms with E-state index in [9.17, 15) is 9.59 Å². The Morgan fingerprint density at radius 1 is 1.04 bits per heavy atom. The number of benzene rings is 1. The maximum atomic E-state index is 12.6. The highest BCUT2D eigenvalue weighted by atomic mass is 16.2. The van der Waals surface area contributed by atoms with Crippen molar-refractivity contribution in [1.82, 2.24) is 9.72 Å². The number of fused-ring (bicyclic) bond motifs is 1. The molecule has 4 nitrogen and oxygen atoms in total. The van der Waals surface area contributed by atoms with Crippen molar-refractivity contribution in [2.24, 2.45) is 0 Å². The molecular formula is C20H18N2O2. The highest BCUT2D eigenvalue weighted by Gasteiger charge is 2.12. The molecule has 120 valence electrons. The van der Waals surface area contributed by atoms with Crippen molar-refractivity contribution in [3.8, 4) is 0 Å². The Kier molecular flexibility index (Phi) is 4.47. The monoisotopic (exact) mass is 318 g/mol. The third kappa shape index (κ3) is 3.23. The lowest BCUT2D eigenvalue weighted by Gasteiger charge is -2.08. The molecule has 0 spiro atoms. The van der Waals surface area contributed by atoms with Crippen LogP contribution < -0.4 is 10.9 Å². The largest absolute Gasteiger partial charge is 0.348 e. The molecule has 0 saturated carbocycles. The summed E-state index contributed by atoms with van der Waals surface area (Å²) in [6, 6.07) is 14.9. The first-order chi connectivity index (χ1) is 11.6. The SMILES string of the molecule is [CH]Cc1ccc2ccc(C(=O)NCc3ccc(C)cc3)c(=O)n2c1. The molecule has 1 aromatic carbocycles. The second-order valence-electron chi connectivity index (χ2n) is 5.76. The second kappa shape index (κ2) is 6.71. The Hall–Kier alpha value is -2.88. The molecule has 0 fully saturated rings. The van der Waals surface area contributed by atoms with Gasteiger partial charge in [0.2, 0.25) is 0 Å². The van der Waals surface area contributed by atoms with Crippen LogP contribution in [0.25, 0.3) is 5.52 Å². The highest BCUT2D eigenvalue weighted by Crippen LogP contribution is 2.07. The summed E-state index contributed by atoms with van der Waals surface area (Å²) >= 11 is 0. The van der Waals surface area contributed by atoms with Crippen LogP contribution in [0.1, 0.15) is 27.0 Å². The predicted octanol–water partition coefficient (Wildman–Crippen LogP) is 2.79. The molecule has 0 aliphatic heterocycles. The summed E-state index contributed by atoms with van der Waals surface area (Å²) < 4.78 is 1.46. The van der Waals surface area contributed by atoms with Crippen LogP contribution in [0.4, 0.5) is 0 Å². The maximum Gasteiger partial charge on any atom is 0.267 e. The Morgan fingerprint density at radius 3 is 2.42 bits per heavy atom. The van der Waals surface area contributed by atoms with Crippen molar-refractivity contribution in [3.63, 3.8) is 0 Å². The van der Waals surface area contributed by atoms with Gasteiger partial charge in [0.25, 0.3) is 11.5 Å². The molecule has 4 heteroatoms. The zero-order valence-corrected chi connectivity index (χ0v) is 13.5. The van der Waals surface area contributed by atoms with Crippen molar-refractivity contribution < 1.29 is 4.79 Å². The Labute approximate surface area is 140 Å². The van der Waals surface area contributed by atoms with Crippen LogP contribution >= 0.6 is 0 Å². The van der Waals surface area contributed by atoms with E-state index in [1.54, 1.807) is 18.3 Å². The van der Waals surface area contributed by atoms with Gasteiger partial charge in [0.15, 0.2) is 0 Å². The first-order valence-electron chi connectivity index (χ1n) is 7.76. The molecule has 2 heterocycles. The van der Waals surface area contributed by atoms with Gasteiger partial charge in [0.05, 0.1) is 0 Å². The number of rotatable bonds is 4. The van der Waals surface area contributed by atoms with Gasteiger partial charge in [-0.2, -0.15) is 0 Å². The quantitative estimate of drug-likeness (QED) is 0.804. The summed E-state index contributed by atoms with van der Waals surface area (Å²) in [5.74, 6) is -0.381. The zero-order chi connectivity index (χ0) is 17.1. The summed E-state index contributed by atoms with van der Waals surface area (Å²) in [7, 11) is 0. The third-order valence-electron chi connectivity index (χ3n) is 3.97. The number of nitrogens with zero attached hydrogens (tertiary/aromatic N) is 1. The average Bonchev–Trinajstić information content (AvgIpc) is 2.61. The van der Waals surface area contributed by atoms with E-state index in [-0.39, 0.29) is 17.0 Å². The second-order valence-corrected chi connectivity index (χ2v) is 5.76. The van der Waals surface area contributed by atoms with Gasteiger partial charge < -0.3 is 5.32 Å². The standard InChI is InChI=1S/C20H18N2O2/c1-3-15-8-9-17-10-11-18(20(24)22(17)13-15)19(23)21-12-16-6-4-14(2)5-7-16/h1,4-11,13H,3,12H2,2H3,(H,21,23). The van der Waals surface area contributed by atoms with Gasteiger partial charge in [0.1, 0.15) is 5.56 Å². The van der Waals surface area contributed by atoms with Crippen LogP contribution in [0.15, 0.2) is 59.5 Å². The number of nitrogens with one attached hydrogen (secondary N) is 1. The van der Waals surface area contributed by atoms with E-state index in [1.807, 2.05) is 43.3 Å². The van der Waals surface area contributed by atoms with Crippen LogP contribution in [-0.4, -0.2) is 10.3 Å². The molecule has 3 rings (SSSR count). The van der Waals surface area contributed by atoms with Crippen LogP contribution in [0.5, 0.6) is 0 Å². The molecule has 3 aromatic rings. The van der Waals surface area contributed by atoms with Crippen molar-refractivity contribution in [2.45, 2.75) is 19.9 Å². The molecule has 0 saturated heterocycles. The summed E-state index contributed by atoms with van der Waals surface area (Å²) in [6.45, 7) is 8.00. The minimum Gasteiger partial charge on any atom is -0.348 e. The number of amides is 1. The van der Waals surface area contributed by atoms with E-state index < -0.39 is 0 Å². The van der Waals surface area contributed by atoms with E-state index in [0.29, 0.717) is 13.0 Å². The van der Waals surface area contributed by atoms with Crippen LogP contribution in [0.2, 0.25) is 0 Å². The fourth-order valence-corrected chi connectivity index (χ4v) is 2.51. The Bertz CT molecular complexity index is 940. The number of aryl methyl sites for hydroxylation is 1. The van der Waals surface area contributed by atoms with Crippen LogP contribution in [0, 0.1) is 13.8 Å². The number of pyridine rings is 2. The Balaban J connectivity index is 1.85. The lowest BCUT2D eigenvalue weighted by atomic mass is 10.1. The summed E-state index contributed by atoms with van der Waals surface area (Å²) in [4.78, 5) is 24.9. The molecular weight excluding hydrogens is 300 g/mol. The minimum atomic E-state index is -0.381. The number of aromatic nitrogens is 1. The number of carbonyl (C=O) groups excluding carboxylic acids is 1. The van der Waals surface area contributed by atoms with Gasteiger partial charge in [-0.15, -0.1) is 0 Å². The van der Waals surface area contributed by atoms with E-state index >= 15 is 0 Å². The zero-order valence-electron chi connectivity index (χ0n) is 13.5. The maximum absolute atomic E-state index is 12.6. The molecule has 0 bridgehead atoms. The van der Waals surface area contributed by atoms with E-state index in [0.717, 1.165) is 22.2 Å². The number of hydrogen-bond acceptors (Lipinski definition) is 2. The summed E-state index contributed by atoms with van der Waals surface area (Å²) in [5.41, 5.74) is 3.49. The van der Waals surface area contributed by atoms with Gasteiger partial charge in [0, 0.05) is 18.3 Å². The van der Waals surface area contributed by atoms with E-state index in [1.165, 1.54) is 4.40 Å². The van der Waals surface area contributed by atoms with Crippen molar-refractivity contribution in [3.05, 3.63) is 94.3 Å². The van der Waals surface area contributed by atoms with E-state index in [4.69, 9.17) is 6.92 Å². The molecule has 0 aliphatic carbocycles. The molecule has 0 unspecified atom stereocenters. The molecule has 0 atom stereocenters. The lowest BCUT2D eigenvalue weighted by Crippen LogP contribution is -2.30. The number of hydrogen-bond donors (Lipinski definition) is 1. The van der Waals surface area contributed by atoms with Crippen LogP contribution in [-0.2, 0) is 13.0 Å². The minimum absolute atomic E-state index is 0.119. The molecule has 1 amide bonds. The molecule has 2 aromatic heterocycles. The lowest BCUT2D eigenvalue weighted by molar-refractivity contribution is 0.0949. The first-order valence-corrected chi connectivity index (χ1v) is 7.76. The van der Waals surface area contributed by atoms with Crippen LogP contribution in [0.3, 0.4) is 0 Å². The van der Waals surface area contributed by atoms with Crippen molar-refractivity contribution in [2.75, 3.05) is 0 Å². The molecule has 1 N–H and O–H groups in total. The smallest absolute Gasteiger partial charge is 0.267 e. The van der Waals surface area contributed by atoms with Gasteiger partial charge in [-0.25, -0.2) is 0 Å². The fourth-order valence-electron chi connectivity index (χ4n) is 2.51. The van der Waals surface area contributed by atoms with Gasteiger partial charge in [-0.05, 0) is 49.6 Å². The topological polar surface area (TPSA) is 50.6 Å². The van der Waals surface area contributed by atoms with Gasteiger partial charge in [-0.3, -0.25) is 14.0 Å². The Morgan fingerprint density at radius 2 is 1.71 bits per heavy atom. The summed E-state index contributed by atoms with van der Waals surface area (Å²) in [6.07, 6.45) is 2.01. The molecule has 0 aliphatic rings. The first kappa shape index (κ1) is 16.0. The summed E-state index contributed by atoms with van der Waals surface area (Å²) in [5, 5.41) is 2.79. The fraction of sp³-hybridized carbons (Fsp3) is 0.150. The molecule has 2 radical (unpaired) electrons. The highest BCUT2D eigenvalue weighted by molar-refractivity contribution is 5.94. The van der Waals surface area contributed by atoms with E-state index in [2.05, 4.69) is 5.32 Å². The third-order valence-corrected chi connectivity index (χ3v) is 3.97. The van der Waals surface area contributed by atoms with Gasteiger partial charge >= 0.3 is 0 Å². The van der Waals surface area contributed by atoms with Crippen molar-refractivity contribution >= 4 is 11.4 Å². The molecule has 24 heavy (non-hydrogen) atoms. The number of carbonyl (C=O) groups is 1. The van der Waals surface area contributed by atoms with Crippen molar-refractivity contribution in [1.29, 1.82) is 0 Å². The van der Waals surface area contributed by atoms with Gasteiger partial charge in [-0.1, -0.05) is 35.9 Å². The average molecular weight is 318 g/mol. The predicted molar refractivity (Wildman–Crippen MR) is 94.0 cm³/mol.